The molecule has 0 aliphatic carbocycles. The zero-order valence-electron chi connectivity index (χ0n) is 5.67. The van der Waals surface area contributed by atoms with Crippen LogP contribution in [0.5, 0.6) is 0 Å². The highest BCUT2D eigenvalue weighted by atomic mass is 35.5. The average Bonchev–Trinajstić information content (AvgIpc) is 1.88. The Balaban J connectivity index is 2.75. The van der Waals surface area contributed by atoms with Gasteiger partial charge in [0.15, 0.2) is 0 Å². The SMILES string of the molecule is COCc1ccnc(Cl)c1. The maximum Gasteiger partial charge on any atom is 0.129 e. The Bertz CT molecular complexity index is 215. The van der Waals surface area contributed by atoms with E-state index in [1.54, 1.807) is 19.4 Å². The fourth-order valence-corrected chi connectivity index (χ4v) is 0.896. The number of pyridine rings is 1. The molecule has 0 aromatic carbocycles. The molecule has 0 unspecified atom stereocenters. The first-order valence-corrected chi connectivity index (χ1v) is 3.30. The lowest BCUT2D eigenvalue weighted by atomic mass is 10.3. The zero-order chi connectivity index (χ0) is 7.40. The van der Waals surface area contributed by atoms with Crippen molar-refractivity contribution in [2.75, 3.05) is 7.11 Å². The van der Waals surface area contributed by atoms with Crippen molar-refractivity contribution in [3.05, 3.63) is 29.0 Å². The highest BCUT2D eigenvalue weighted by molar-refractivity contribution is 6.29. The van der Waals surface area contributed by atoms with E-state index < -0.39 is 0 Å². The maximum absolute atomic E-state index is 5.61. The highest BCUT2D eigenvalue weighted by Crippen LogP contribution is 2.06. The summed E-state index contributed by atoms with van der Waals surface area (Å²) >= 11 is 5.61. The molecular formula is C7H8ClNO. The molecule has 54 valence electrons. The standard InChI is InChI=1S/C7H8ClNO/c1-10-5-6-2-3-9-7(8)4-6/h2-4H,5H2,1H3. The van der Waals surface area contributed by atoms with E-state index in [0.717, 1.165) is 5.56 Å². The first-order chi connectivity index (χ1) is 4.83. The van der Waals surface area contributed by atoms with Crippen LogP contribution in [0.3, 0.4) is 0 Å². The number of aromatic nitrogens is 1. The molecule has 1 aromatic heterocycles. The third-order valence-electron chi connectivity index (χ3n) is 1.10. The number of ether oxygens (including phenoxy) is 1. The van der Waals surface area contributed by atoms with Gasteiger partial charge in [0, 0.05) is 13.3 Å². The molecule has 0 spiro atoms. The number of methoxy groups -OCH3 is 1. The third-order valence-corrected chi connectivity index (χ3v) is 1.31. The monoisotopic (exact) mass is 157 g/mol. The minimum Gasteiger partial charge on any atom is -0.380 e. The van der Waals surface area contributed by atoms with Crippen molar-refractivity contribution in [1.82, 2.24) is 4.98 Å². The smallest absolute Gasteiger partial charge is 0.129 e. The third kappa shape index (κ3) is 1.97. The van der Waals surface area contributed by atoms with Gasteiger partial charge in [-0.2, -0.15) is 0 Å². The van der Waals surface area contributed by atoms with Crippen molar-refractivity contribution in [3.8, 4) is 0 Å². The molecule has 0 bridgehead atoms. The Morgan fingerprint density at radius 2 is 2.50 bits per heavy atom. The number of hydrogen-bond donors (Lipinski definition) is 0. The van der Waals surface area contributed by atoms with Crippen LogP contribution in [0.4, 0.5) is 0 Å². The van der Waals surface area contributed by atoms with Gasteiger partial charge >= 0.3 is 0 Å². The van der Waals surface area contributed by atoms with E-state index in [-0.39, 0.29) is 0 Å². The highest BCUT2D eigenvalue weighted by Gasteiger charge is 1.91. The van der Waals surface area contributed by atoms with E-state index in [0.29, 0.717) is 11.8 Å². The van der Waals surface area contributed by atoms with E-state index >= 15 is 0 Å². The van der Waals surface area contributed by atoms with Gasteiger partial charge in [-0.05, 0) is 17.7 Å². The Kier molecular flexibility index (Phi) is 2.66. The maximum atomic E-state index is 5.61. The second-order valence-electron chi connectivity index (χ2n) is 1.92. The Labute approximate surface area is 64.8 Å². The minimum atomic E-state index is 0.509. The molecule has 0 aliphatic rings. The first kappa shape index (κ1) is 7.51. The molecule has 0 saturated carbocycles. The van der Waals surface area contributed by atoms with Gasteiger partial charge < -0.3 is 4.74 Å². The number of rotatable bonds is 2. The van der Waals surface area contributed by atoms with Crippen LogP contribution < -0.4 is 0 Å². The van der Waals surface area contributed by atoms with Gasteiger partial charge in [0.2, 0.25) is 0 Å². The van der Waals surface area contributed by atoms with Crippen molar-refractivity contribution >= 4 is 11.6 Å². The van der Waals surface area contributed by atoms with Gasteiger partial charge in [-0.3, -0.25) is 0 Å². The van der Waals surface area contributed by atoms with Crippen LogP contribution >= 0.6 is 11.6 Å². The summed E-state index contributed by atoms with van der Waals surface area (Å²) in [6.45, 7) is 0.586. The molecule has 0 radical (unpaired) electrons. The molecule has 2 nitrogen and oxygen atoms in total. The molecule has 0 saturated heterocycles. The Hall–Kier alpha value is -0.600. The summed E-state index contributed by atoms with van der Waals surface area (Å²) in [7, 11) is 1.65. The molecule has 10 heavy (non-hydrogen) atoms. The Morgan fingerprint density at radius 1 is 1.70 bits per heavy atom. The fourth-order valence-electron chi connectivity index (χ4n) is 0.699. The van der Waals surface area contributed by atoms with E-state index in [2.05, 4.69) is 4.98 Å². The topological polar surface area (TPSA) is 22.1 Å². The lowest BCUT2D eigenvalue weighted by molar-refractivity contribution is 0.185. The van der Waals surface area contributed by atoms with Gasteiger partial charge in [-0.1, -0.05) is 11.6 Å². The van der Waals surface area contributed by atoms with Crippen molar-refractivity contribution in [2.24, 2.45) is 0 Å². The van der Waals surface area contributed by atoms with Crippen LogP contribution in [0.15, 0.2) is 18.3 Å². The van der Waals surface area contributed by atoms with E-state index in [1.165, 1.54) is 0 Å². The summed E-state index contributed by atoms with van der Waals surface area (Å²) < 4.78 is 4.90. The fraction of sp³-hybridized carbons (Fsp3) is 0.286. The van der Waals surface area contributed by atoms with Gasteiger partial charge in [-0.25, -0.2) is 4.98 Å². The van der Waals surface area contributed by atoms with Crippen LogP contribution in [-0.4, -0.2) is 12.1 Å². The molecule has 1 heterocycles. The summed E-state index contributed by atoms with van der Waals surface area (Å²) in [4.78, 5) is 3.83. The van der Waals surface area contributed by atoms with Crippen molar-refractivity contribution < 1.29 is 4.74 Å². The van der Waals surface area contributed by atoms with Crippen molar-refractivity contribution in [1.29, 1.82) is 0 Å². The Morgan fingerprint density at radius 3 is 3.10 bits per heavy atom. The van der Waals surface area contributed by atoms with Crippen LogP contribution in [0.2, 0.25) is 5.15 Å². The van der Waals surface area contributed by atoms with Crippen LogP contribution in [0.25, 0.3) is 0 Å². The molecule has 1 rings (SSSR count). The van der Waals surface area contributed by atoms with Crippen LogP contribution in [0, 0.1) is 0 Å². The second kappa shape index (κ2) is 3.54. The van der Waals surface area contributed by atoms with Gasteiger partial charge in [0.1, 0.15) is 5.15 Å². The summed E-state index contributed by atoms with van der Waals surface area (Å²) in [5.41, 5.74) is 1.04. The molecule has 0 amide bonds. The summed E-state index contributed by atoms with van der Waals surface area (Å²) in [6, 6.07) is 3.65. The van der Waals surface area contributed by atoms with Crippen LogP contribution in [-0.2, 0) is 11.3 Å². The molecule has 0 aliphatic heterocycles. The molecule has 3 heteroatoms. The second-order valence-corrected chi connectivity index (χ2v) is 2.31. The molecule has 1 aromatic rings. The summed E-state index contributed by atoms with van der Waals surface area (Å²) in [5.74, 6) is 0. The first-order valence-electron chi connectivity index (χ1n) is 2.92. The number of hydrogen-bond acceptors (Lipinski definition) is 2. The molecule has 0 atom stereocenters. The molecular weight excluding hydrogens is 150 g/mol. The predicted octanol–water partition coefficient (Wildman–Crippen LogP) is 1.88. The summed E-state index contributed by atoms with van der Waals surface area (Å²) in [6.07, 6.45) is 1.66. The average molecular weight is 158 g/mol. The zero-order valence-corrected chi connectivity index (χ0v) is 6.43. The van der Waals surface area contributed by atoms with Crippen LogP contribution in [0.1, 0.15) is 5.56 Å². The van der Waals surface area contributed by atoms with Gasteiger partial charge in [0.05, 0.1) is 6.61 Å². The number of halogens is 1. The van der Waals surface area contributed by atoms with E-state index in [4.69, 9.17) is 16.3 Å². The molecule has 0 N–H and O–H groups in total. The predicted molar refractivity (Wildman–Crippen MR) is 40.0 cm³/mol. The normalized spacial score (nSPS) is 9.80. The summed E-state index contributed by atoms with van der Waals surface area (Å²) in [5, 5.41) is 0.509. The quantitative estimate of drug-likeness (QED) is 0.612. The number of nitrogens with zero attached hydrogens (tertiary/aromatic N) is 1. The van der Waals surface area contributed by atoms with Gasteiger partial charge in [0.25, 0.3) is 0 Å². The largest absolute Gasteiger partial charge is 0.380 e. The lowest BCUT2D eigenvalue weighted by Gasteiger charge is -1.97. The van der Waals surface area contributed by atoms with E-state index in [1.807, 2.05) is 6.07 Å². The molecule has 0 fully saturated rings. The van der Waals surface area contributed by atoms with Crippen molar-refractivity contribution in [2.45, 2.75) is 6.61 Å². The van der Waals surface area contributed by atoms with Crippen molar-refractivity contribution in [3.63, 3.8) is 0 Å². The van der Waals surface area contributed by atoms with Gasteiger partial charge in [-0.15, -0.1) is 0 Å². The minimum absolute atomic E-state index is 0.509. The van der Waals surface area contributed by atoms with E-state index in [9.17, 15) is 0 Å². The lowest BCUT2D eigenvalue weighted by Crippen LogP contribution is -1.87.